The highest BCUT2D eigenvalue weighted by atomic mass is 16.2. The molecule has 4 heteroatoms. The lowest BCUT2D eigenvalue weighted by molar-refractivity contribution is -0.132. The number of carbonyl (C=O) groups excluding carboxylic acids is 2. The Bertz CT molecular complexity index is 548. The zero-order valence-electron chi connectivity index (χ0n) is 15.0. The number of nitrogens with zero attached hydrogens (tertiary/aromatic N) is 1. The van der Waals surface area contributed by atoms with Gasteiger partial charge < -0.3 is 10.2 Å². The maximum Gasteiger partial charge on any atom is 0.222 e. The van der Waals surface area contributed by atoms with E-state index in [0.29, 0.717) is 25.6 Å². The summed E-state index contributed by atoms with van der Waals surface area (Å²) in [5.74, 6) is 0.103. The average molecular weight is 330 g/mol. The molecule has 1 aromatic carbocycles. The number of rotatable bonds is 6. The van der Waals surface area contributed by atoms with Crippen LogP contribution in [0.3, 0.4) is 0 Å². The zero-order valence-corrected chi connectivity index (χ0v) is 15.0. The number of hydrogen-bond donors (Lipinski definition) is 1. The van der Waals surface area contributed by atoms with Crippen LogP contribution in [0.4, 0.5) is 0 Å². The van der Waals surface area contributed by atoms with E-state index in [1.165, 1.54) is 31.2 Å². The standard InChI is InChI=1S/C20H30N2O2/c1-16-9-7-8-10-18(16)15-21-20(24)13-14-22(17(2)23)19-11-5-3-4-6-12-19/h7-10,19H,3-6,11-15H2,1-2H3,(H,21,24). The summed E-state index contributed by atoms with van der Waals surface area (Å²) in [5.41, 5.74) is 2.32. The lowest BCUT2D eigenvalue weighted by Crippen LogP contribution is -2.41. The first-order chi connectivity index (χ1) is 11.6. The number of nitrogens with one attached hydrogen (secondary N) is 1. The van der Waals surface area contributed by atoms with Crippen molar-refractivity contribution in [2.45, 2.75) is 71.4 Å². The van der Waals surface area contributed by atoms with Gasteiger partial charge in [0.05, 0.1) is 0 Å². The van der Waals surface area contributed by atoms with E-state index < -0.39 is 0 Å². The second-order valence-corrected chi connectivity index (χ2v) is 6.81. The Kier molecular flexibility index (Phi) is 7.29. The van der Waals surface area contributed by atoms with E-state index in [0.717, 1.165) is 18.4 Å². The molecular weight excluding hydrogens is 300 g/mol. The first-order valence-corrected chi connectivity index (χ1v) is 9.16. The quantitative estimate of drug-likeness (QED) is 0.811. The van der Waals surface area contributed by atoms with E-state index in [1.807, 2.05) is 36.1 Å². The molecule has 1 aliphatic rings. The number of hydrogen-bond acceptors (Lipinski definition) is 2. The largest absolute Gasteiger partial charge is 0.352 e. The maximum atomic E-state index is 12.2. The Morgan fingerprint density at radius 1 is 1.12 bits per heavy atom. The highest BCUT2D eigenvalue weighted by molar-refractivity contribution is 5.78. The molecule has 1 aromatic rings. The van der Waals surface area contributed by atoms with Crippen molar-refractivity contribution >= 4 is 11.8 Å². The lowest BCUT2D eigenvalue weighted by Gasteiger charge is -2.30. The van der Waals surface area contributed by atoms with Crippen LogP contribution in [0, 0.1) is 6.92 Å². The molecule has 0 spiro atoms. The smallest absolute Gasteiger partial charge is 0.222 e. The van der Waals surface area contributed by atoms with Crippen LogP contribution in [-0.4, -0.2) is 29.3 Å². The molecule has 1 N–H and O–H groups in total. The normalized spacial score (nSPS) is 15.6. The van der Waals surface area contributed by atoms with Crippen LogP contribution in [0.1, 0.15) is 63.0 Å². The fraction of sp³-hybridized carbons (Fsp3) is 0.600. The van der Waals surface area contributed by atoms with Gasteiger partial charge in [0.25, 0.3) is 0 Å². The molecule has 0 unspecified atom stereocenters. The van der Waals surface area contributed by atoms with Gasteiger partial charge in [-0.3, -0.25) is 9.59 Å². The van der Waals surface area contributed by atoms with Gasteiger partial charge in [0.2, 0.25) is 11.8 Å². The summed E-state index contributed by atoms with van der Waals surface area (Å²) >= 11 is 0. The third-order valence-electron chi connectivity index (χ3n) is 4.99. The van der Waals surface area contributed by atoms with Crippen LogP contribution in [0.5, 0.6) is 0 Å². The van der Waals surface area contributed by atoms with Crippen LogP contribution in [0.2, 0.25) is 0 Å². The van der Waals surface area contributed by atoms with Crippen molar-refractivity contribution in [3.05, 3.63) is 35.4 Å². The Labute approximate surface area is 145 Å². The molecular formula is C20H30N2O2. The third-order valence-corrected chi connectivity index (χ3v) is 4.99. The highest BCUT2D eigenvalue weighted by Crippen LogP contribution is 2.22. The van der Waals surface area contributed by atoms with E-state index in [1.54, 1.807) is 6.92 Å². The molecule has 2 amide bonds. The molecule has 132 valence electrons. The second kappa shape index (κ2) is 9.45. The van der Waals surface area contributed by atoms with Crippen molar-refractivity contribution < 1.29 is 9.59 Å². The topological polar surface area (TPSA) is 49.4 Å². The van der Waals surface area contributed by atoms with Crippen LogP contribution in [0.25, 0.3) is 0 Å². The van der Waals surface area contributed by atoms with Gasteiger partial charge in [-0.15, -0.1) is 0 Å². The number of benzene rings is 1. The minimum atomic E-state index is 0.0122. The predicted molar refractivity (Wildman–Crippen MR) is 96.5 cm³/mol. The molecule has 24 heavy (non-hydrogen) atoms. The van der Waals surface area contributed by atoms with Crippen LogP contribution < -0.4 is 5.32 Å². The molecule has 1 saturated carbocycles. The number of carbonyl (C=O) groups is 2. The van der Waals surface area contributed by atoms with Gasteiger partial charge in [0.1, 0.15) is 0 Å². The number of amides is 2. The Balaban J connectivity index is 1.81. The van der Waals surface area contributed by atoms with Crippen LogP contribution >= 0.6 is 0 Å². The van der Waals surface area contributed by atoms with E-state index in [9.17, 15) is 9.59 Å². The highest BCUT2D eigenvalue weighted by Gasteiger charge is 2.22. The van der Waals surface area contributed by atoms with Crippen molar-refractivity contribution in [3.8, 4) is 0 Å². The molecule has 1 fully saturated rings. The molecule has 0 bridgehead atoms. The number of aryl methyl sites for hydroxylation is 1. The van der Waals surface area contributed by atoms with Gasteiger partial charge >= 0.3 is 0 Å². The molecule has 0 heterocycles. The van der Waals surface area contributed by atoms with Crippen LogP contribution in [-0.2, 0) is 16.1 Å². The van der Waals surface area contributed by atoms with Crippen molar-refractivity contribution in [1.29, 1.82) is 0 Å². The monoisotopic (exact) mass is 330 g/mol. The fourth-order valence-electron chi connectivity index (χ4n) is 3.48. The molecule has 0 aliphatic heterocycles. The minimum Gasteiger partial charge on any atom is -0.352 e. The fourth-order valence-corrected chi connectivity index (χ4v) is 3.48. The average Bonchev–Trinajstić information content (AvgIpc) is 2.83. The Hall–Kier alpha value is -1.84. The van der Waals surface area contributed by atoms with E-state index in [-0.39, 0.29) is 11.8 Å². The third kappa shape index (κ3) is 5.66. The lowest BCUT2D eigenvalue weighted by atomic mass is 10.1. The molecule has 0 saturated heterocycles. The minimum absolute atomic E-state index is 0.0122. The summed E-state index contributed by atoms with van der Waals surface area (Å²) in [6, 6.07) is 8.37. The summed E-state index contributed by atoms with van der Waals surface area (Å²) in [7, 11) is 0. The second-order valence-electron chi connectivity index (χ2n) is 6.81. The van der Waals surface area contributed by atoms with Crippen molar-refractivity contribution in [1.82, 2.24) is 10.2 Å². The molecule has 2 rings (SSSR count). The van der Waals surface area contributed by atoms with Crippen molar-refractivity contribution in [2.24, 2.45) is 0 Å². The summed E-state index contributed by atoms with van der Waals surface area (Å²) in [5, 5.41) is 2.97. The van der Waals surface area contributed by atoms with Gasteiger partial charge in [-0.05, 0) is 30.9 Å². The van der Waals surface area contributed by atoms with Gasteiger partial charge in [0.15, 0.2) is 0 Å². The van der Waals surface area contributed by atoms with Gasteiger partial charge in [-0.2, -0.15) is 0 Å². The van der Waals surface area contributed by atoms with Gasteiger partial charge in [-0.1, -0.05) is 49.9 Å². The van der Waals surface area contributed by atoms with Crippen molar-refractivity contribution in [3.63, 3.8) is 0 Å². The first kappa shape index (κ1) is 18.5. The molecule has 0 radical (unpaired) electrons. The predicted octanol–water partition coefficient (Wildman–Crippen LogP) is 3.57. The molecule has 4 nitrogen and oxygen atoms in total. The van der Waals surface area contributed by atoms with E-state index in [4.69, 9.17) is 0 Å². The van der Waals surface area contributed by atoms with E-state index in [2.05, 4.69) is 5.32 Å². The van der Waals surface area contributed by atoms with Crippen LogP contribution in [0.15, 0.2) is 24.3 Å². The summed E-state index contributed by atoms with van der Waals surface area (Å²) in [6.07, 6.45) is 7.43. The Morgan fingerprint density at radius 3 is 2.42 bits per heavy atom. The van der Waals surface area contributed by atoms with E-state index >= 15 is 0 Å². The van der Waals surface area contributed by atoms with Crippen molar-refractivity contribution in [2.75, 3.05) is 6.54 Å². The Morgan fingerprint density at radius 2 is 1.79 bits per heavy atom. The molecule has 0 atom stereocenters. The first-order valence-electron chi connectivity index (χ1n) is 9.16. The maximum absolute atomic E-state index is 12.2. The van der Waals surface area contributed by atoms with Gasteiger partial charge in [0, 0.05) is 32.5 Å². The van der Waals surface area contributed by atoms with Gasteiger partial charge in [-0.25, -0.2) is 0 Å². The molecule has 0 aromatic heterocycles. The summed E-state index contributed by atoms with van der Waals surface area (Å²) in [4.78, 5) is 26.1. The SMILES string of the molecule is CC(=O)N(CCC(=O)NCc1ccccc1C)C1CCCCCC1. The zero-order chi connectivity index (χ0) is 17.4. The summed E-state index contributed by atoms with van der Waals surface area (Å²) < 4.78 is 0. The summed E-state index contributed by atoms with van der Waals surface area (Å²) in [6.45, 7) is 4.75. The molecule has 1 aliphatic carbocycles.